The first-order chi connectivity index (χ1) is 7.60. The standard InChI is InChI=1S/C14H22O2/c1-4-5-9-14(10-7-6-8-11-14)13(15)16-12(2)3/h4-5,9,12H,1,6-8,10-11H2,2-3H3/b9-5+. The van der Waals surface area contributed by atoms with E-state index in [0.29, 0.717) is 0 Å². The third-order valence-corrected chi connectivity index (χ3v) is 3.05. The molecular formula is C14H22O2. The zero-order chi connectivity index (χ0) is 12.0. The van der Waals surface area contributed by atoms with Crippen molar-refractivity contribution in [1.29, 1.82) is 0 Å². The normalized spacial score (nSPS) is 19.9. The molecule has 0 amide bonds. The lowest BCUT2D eigenvalue weighted by atomic mass is 9.74. The maximum atomic E-state index is 12.1. The van der Waals surface area contributed by atoms with E-state index in [1.807, 2.05) is 26.0 Å². The first-order valence-electron chi connectivity index (χ1n) is 6.12. The van der Waals surface area contributed by atoms with E-state index in [1.165, 1.54) is 6.42 Å². The maximum Gasteiger partial charge on any atom is 0.316 e. The lowest BCUT2D eigenvalue weighted by Gasteiger charge is -2.32. The summed E-state index contributed by atoms with van der Waals surface area (Å²) in [7, 11) is 0. The zero-order valence-corrected chi connectivity index (χ0v) is 10.4. The van der Waals surface area contributed by atoms with Crippen LogP contribution in [0.25, 0.3) is 0 Å². The summed E-state index contributed by atoms with van der Waals surface area (Å²) in [5, 5.41) is 0. The fraction of sp³-hybridized carbons (Fsp3) is 0.643. The summed E-state index contributed by atoms with van der Waals surface area (Å²) in [5.41, 5.74) is -0.392. The fourth-order valence-electron chi connectivity index (χ4n) is 2.21. The topological polar surface area (TPSA) is 26.3 Å². The minimum Gasteiger partial charge on any atom is -0.462 e. The van der Waals surface area contributed by atoms with Crippen LogP contribution in [0.5, 0.6) is 0 Å². The number of hydrogen-bond acceptors (Lipinski definition) is 2. The minimum absolute atomic E-state index is 0.0385. The number of carbonyl (C=O) groups is 1. The highest BCUT2D eigenvalue weighted by Gasteiger charge is 2.38. The molecule has 2 heteroatoms. The third-order valence-electron chi connectivity index (χ3n) is 3.05. The van der Waals surface area contributed by atoms with Crippen LogP contribution in [-0.4, -0.2) is 12.1 Å². The Kier molecular flexibility index (Phi) is 4.78. The molecule has 0 unspecified atom stereocenters. The van der Waals surface area contributed by atoms with Gasteiger partial charge >= 0.3 is 5.97 Å². The highest BCUT2D eigenvalue weighted by molar-refractivity contribution is 5.79. The molecule has 0 radical (unpaired) electrons. The summed E-state index contributed by atoms with van der Waals surface area (Å²) >= 11 is 0. The smallest absolute Gasteiger partial charge is 0.316 e. The molecule has 16 heavy (non-hydrogen) atoms. The van der Waals surface area contributed by atoms with Crippen LogP contribution < -0.4 is 0 Å². The van der Waals surface area contributed by atoms with Crippen LogP contribution in [-0.2, 0) is 9.53 Å². The molecule has 1 aliphatic carbocycles. The molecule has 0 saturated heterocycles. The van der Waals surface area contributed by atoms with Crippen LogP contribution in [0.1, 0.15) is 46.0 Å². The van der Waals surface area contributed by atoms with Gasteiger partial charge in [0, 0.05) is 0 Å². The number of allylic oxidation sites excluding steroid dienone is 2. The molecule has 0 spiro atoms. The van der Waals surface area contributed by atoms with Crippen molar-refractivity contribution in [3.8, 4) is 0 Å². The van der Waals surface area contributed by atoms with Crippen molar-refractivity contribution in [1.82, 2.24) is 0 Å². The van der Waals surface area contributed by atoms with E-state index >= 15 is 0 Å². The van der Waals surface area contributed by atoms with Gasteiger partial charge in [-0.25, -0.2) is 0 Å². The van der Waals surface area contributed by atoms with Gasteiger partial charge in [0.2, 0.25) is 0 Å². The Morgan fingerprint density at radius 2 is 1.94 bits per heavy atom. The predicted molar refractivity (Wildman–Crippen MR) is 66.1 cm³/mol. The Morgan fingerprint density at radius 1 is 1.31 bits per heavy atom. The second kappa shape index (κ2) is 5.88. The highest BCUT2D eigenvalue weighted by atomic mass is 16.5. The summed E-state index contributed by atoms with van der Waals surface area (Å²) in [6, 6.07) is 0. The first-order valence-corrected chi connectivity index (χ1v) is 6.12. The molecule has 0 heterocycles. The third kappa shape index (κ3) is 3.22. The molecule has 1 fully saturated rings. The summed E-state index contributed by atoms with van der Waals surface area (Å²) in [6.07, 6.45) is 10.8. The fourth-order valence-corrected chi connectivity index (χ4v) is 2.21. The SMILES string of the molecule is C=C/C=C/C1(C(=O)OC(C)C)CCCCC1. The molecule has 0 aromatic heterocycles. The van der Waals surface area contributed by atoms with Gasteiger partial charge in [-0.3, -0.25) is 4.79 Å². The van der Waals surface area contributed by atoms with Crippen molar-refractivity contribution in [3.63, 3.8) is 0 Å². The molecule has 0 N–H and O–H groups in total. The lowest BCUT2D eigenvalue weighted by Crippen LogP contribution is -2.34. The van der Waals surface area contributed by atoms with Gasteiger partial charge in [-0.15, -0.1) is 0 Å². The molecule has 2 nitrogen and oxygen atoms in total. The van der Waals surface area contributed by atoms with E-state index in [0.717, 1.165) is 25.7 Å². The van der Waals surface area contributed by atoms with E-state index in [-0.39, 0.29) is 12.1 Å². The van der Waals surface area contributed by atoms with Crippen LogP contribution in [0.15, 0.2) is 24.8 Å². The Bertz CT molecular complexity index is 270. The van der Waals surface area contributed by atoms with E-state index in [1.54, 1.807) is 6.08 Å². The number of hydrogen-bond donors (Lipinski definition) is 0. The van der Waals surface area contributed by atoms with Gasteiger partial charge in [-0.2, -0.15) is 0 Å². The maximum absolute atomic E-state index is 12.1. The Hall–Kier alpha value is -1.05. The van der Waals surface area contributed by atoms with Crippen LogP contribution >= 0.6 is 0 Å². The quantitative estimate of drug-likeness (QED) is 0.536. The molecule has 0 atom stereocenters. The van der Waals surface area contributed by atoms with Gasteiger partial charge < -0.3 is 4.74 Å². The van der Waals surface area contributed by atoms with Crippen LogP contribution in [0, 0.1) is 5.41 Å². The van der Waals surface area contributed by atoms with E-state index in [9.17, 15) is 4.79 Å². The van der Waals surface area contributed by atoms with Crippen molar-refractivity contribution in [2.75, 3.05) is 0 Å². The molecule has 1 rings (SSSR count). The number of rotatable bonds is 4. The second-order valence-electron chi connectivity index (χ2n) is 4.77. The number of esters is 1. The monoisotopic (exact) mass is 222 g/mol. The largest absolute Gasteiger partial charge is 0.462 e. The lowest BCUT2D eigenvalue weighted by molar-refractivity contribution is -0.158. The average Bonchev–Trinajstić information content (AvgIpc) is 2.26. The van der Waals surface area contributed by atoms with Crippen molar-refractivity contribution < 1.29 is 9.53 Å². The first kappa shape index (κ1) is 13.0. The summed E-state index contributed by atoms with van der Waals surface area (Å²) < 4.78 is 5.37. The highest BCUT2D eigenvalue weighted by Crippen LogP contribution is 2.39. The van der Waals surface area contributed by atoms with Gasteiger partial charge in [-0.1, -0.05) is 44.1 Å². The molecule has 90 valence electrons. The van der Waals surface area contributed by atoms with Crippen molar-refractivity contribution in [3.05, 3.63) is 24.8 Å². The van der Waals surface area contributed by atoms with Crippen molar-refractivity contribution in [2.45, 2.75) is 52.1 Å². The van der Waals surface area contributed by atoms with Gasteiger partial charge in [0.05, 0.1) is 11.5 Å². The number of ether oxygens (including phenoxy) is 1. The van der Waals surface area contributed by atoms with Gasteiger partial charge in [0.1, 0.15) is 0 Å². The van der Waals surface area contributed by atoms with Crippen LogP contribution in [0.4, 0.5) is 0 Å². The van der Waals surface area contributed by atoms with Gasteiger partial charge in [-0.05, 0) is 26.7 Å². The average molecular weight is 222 g/mol. The molecule has 1 aliphatic rings. The minimum atomic E-state index is -0.392. The second-order valence-corrected chi connectivity index (χ2v) is 4.77. The van der Waals surface area contributed by atoms with Gasteiger partial charge in [0.25, 0.3) is 0 Å². The van der Waals surface area contributed by atoms with Crippen molar-refractivity contribution >= 4 is 5.97 Å². The molecule has 0 aromatic rings. The van der Waals surface area contributed by atoms with Gasteiger partial charge in [0.15, 0.2) is 0 Å². The number of carbonyl (C=O) groups excluding carboxylic acids is 1. The molecular weight excluding hydrogens is 200 g/mol. The zero-order valence-electron chi connectivity index (χ0n) is 10.4. The molecule has 0 aliphatic heterocycles. The summed E-state index contributed by atoms with van der Waals surface area (Å²) in [6.45, 7) is 7.45. The predicted octanol–water partition coefficient (Wildman–Crippen LogP) is 3.63. The molecule has 1 saturated carbocycles. The summed E-state index contributed by atoms with van der Waals surface area (Å²) in [5.74, 6) is -0.0692. The Labute approximate surface area is 98.4 Å². The molecule has 0 bridgehead atoms. The van der Waals surface area contributed by atoms with Crippen LogP contribution in [0.3, 0.4) is 0 Å². The molecule has 0 aromatic carbocycles. The van der Waals surface area contributed by atoms with Crippen molar-refractivity contribution in [2.24, 2.45) is 5.41 Å². The van der Waals surface area contributed by atoms with E-state index in [4.69, 9.17) is 4.74 Å². The Balaban J connectivity index is 2.80. The van der Waals surface area contributed by atoms with E-state index in [2.05, 4.69) is 6.58 Å². The van der Waals surface area contributed by atoms with E-state index < -0.39 is 5.41 Å². The summed E-state index contributed by atoms with van der Waals surface area (Å²) in [4.78, 5) is 12.1. The van der Waals surface area contributed by atoms with Crippen LogP contribution in [0.2, 0.25) is 0 Å². The Morgan fingerprint density at radius 3 is 2.44 bits per heavy atom.